The van der Waals surface area contributed by atoms with E-state index in [1.165, 1.54) is 135 Å². The summed E-state index contributed by atoms with van der Waals surface area (Å²) >= 11 is 2.50. The van der Waals surface area contributed by atoms with E-state index in [4.69, 9.17) is 0 Å². The molecular weight excluding hydrogens is 629 g/mol. The molecule has 2 aliphatic heterocycles. The van der Waals surface area contributed by atoms with E-state index in [2.05, 4.69) is 34.9 Å². The van der Waals surface area contributed by atoms with Crippen LogP contribution >= 0.6 is 11.8 Å². The van der Waals surface area contributed by atoms with Crippen molar-refractivity contribution in [1.29, 1.82) is 15.8 Å². The molecule has 12 unspecified atom stereocenters. The number of fused-ring (bicyclic) bond motifs is 7. The standard InChI is InChI=1S/C45H66N4S/c46-25-31-7-1-2-8-36(31)29-13-15-30(16-14-29)43-33(26-47)23-32(24-34(43)27-48)28-17-19-35(20-18-28)49-41-11-5-3-9-37(41)39-21-22-40-38-10-4-6-12-42(38)50-45(40)44(39)49/h28-45H,1-24H2. The van der Waals surface area contributed by atoms with Crippen molar-refractivity contribution >= 4 is 11.8 Å². The fraction of sp³-hybridized carbons (Fsp3) is 0.933. The zero-order valence-corrected chi connectivity index (χ0v) is 31.9. The van der Waals surface area contributed by atoms with Crippen LogP contribution in [-0.4, -0.2) is 33.5 Å². The van der Waals surface area contributed by atoms with Crippen LogP contribution in [0.3, 0.4) is 0 Å². The van der Waals surface area contributed by atoms with Crippen molar-refractivity contribution in [1.82, 2.24) is 4.90 Å². The molecule has 9 rings (SSSR count). The minimum Gasteiger partial charge on any atom is -0.293 e. The van der Waals surface area contributed by atoms with Crippen LogP contribution in [0.25, 0.3) is 0 Å². The van der Waals surface area contributed by atoms with Gasteiger partial charge in [0.15, 0.2) is 0 Å². The average molecular weight is 695 g/mol. The number of nitriles is 3. The molecule has 0 radical (unpaired) electrons. The van der Waals surface area contributed by atoms with Crippen LogP contribution in [0.2, 0.25) is 0 Å². The molecule has 9 fully saturated rings. The van der Waals surface area contributed by atoms with Gasteiger partial charge in [-0.1, -0.05) is 38.5 Å². The highest BCUT2D eigenvalue weighted by atomic mass is 32.2. The Kier molecular flexibility index (Phi) is 10.3. The zero-order valence-electron chi connectivity index (χ0n) is 31.1. The van der Waals surface area contributed by atoms with Crippen LogP contribution < -0.4 is 0 Å². The summed E-state index contributed by atoms with van der Waals surface area (Å²) in [5, 5.41) is 32.9. The van der Waals surface area contributed by atoms with E-state index in [9.17, 15) is 15.8 Å². The minimum absolute atomic E-state index is 0.0589. The quantitative estimate of drug-likeness (QED) is 0.293. The van der Waals surface area contributed by atoms with Crippen LogP contribution in [0, 0.1) is 111 Å². The van der Waals surface area contributed by atoms with Gasteiger partial charge < -0.3 is 0 Å². The van der Waals surface area contributed by atoms with E-state index in [0.29, 0.717) is 29.6 Å². The van der Waals surface area contributed by atoms with E-state index in [1.54, 1.807) is 0 Å². The summed E-state index contributed by atoms with van der Waals surface area (Å²) in [6, 6.07) is 10.8. The van der Waals surface area contributed by atoms with Crippen molar-refractivity contribution in [3.05, 3.63) is 0 Å². The second kappa shape index (κ2) is 14.9. The van der Waals surface area contributed by atoms with Gasteiger partial charge in [0.05, 0.1) is 30.0 Å². The second-order valence-electron chi connectivity index (χ2n) is 19.7. The van der Waals surface area contributed by atoms with Gasteiger partial charge in [0.2, 0.25) is 0 Å². The second-order valence-corrected chi connectivity index (χ2v) is 21.1. The molecule has 0 bridgehead atoms. The zero-order chi connectivity index (χ0) is 33.8. The topological polar surface area (TPSA) is 74.6 Å². The van der Waals surface area contributed by atoms with Gasteiger partial charge in [-0.15, -0.1) is 0 Å². The van der Waals surface area contributed by atoms with E-state index in [-0.39, 0.29) is 23.7 Å². The SMILES string of the molecule is N#CC1CCCCC1C1CCC(C2C(C#N)CC(C3CCC(N4C5CCCCC5C5CCC6C7CCCCC7SC6C54)CC3)CC2C#N)CC1. The highest BCUT2D eigenvalue weighted by Gasteiger charge is 2.61. The molecule has 272 valence electrons. The molecule has 50 heavy (non-hydrogen) atoms. The molecule has 0 aromatic heterocycles. The summed E-state index contributed by atoms with van der Waals surface area (Å²) in [5.41, 5.74) is 0. The monoisotopic (exact) mass is 695 g/mol. The minimum atomic E-state index is 0.0589. The molecule has 9 aliphatic rings. The lowest BCUT2D eigenvalue weighted by molar-refractivity contribution is 0.0166. The van der Waals surface area contributed by atoms with Gasteiger partial charge in [0.1, 0.15) is 0 Å². The molecule has 0 aromatic rings. The molecular formula is C45H66N4S. The van der Waals surface area contributed by atoms with E-state index in [0.717, 1.165) is 71.6 Å². The van der Waals surface area contributed by atoms with Gasteiger partial charge in [-0.2, -0.15) is 27.5 Å². The summed E-state index contributed by atoms with van der Waals surface area (Å²) in [7, 11) is 0. The van der Waals surface area contributed by atoms with Crippen LogP contribution in [0.15, 0.2) is 0 Å². The van der Waals surface area contributed by atoms with Crippen LogP contribution in [0.1, 0.15) is 154 Å². The predicted molar refractivity (Wildman–Crippen MR) is 201 cm³/mol. The van der Waals surface area contributed by atoms with Gasteiger partial charge in [-0.25, -0.2) is 0 Å². The maximum absolute atomic E-state index is 10.6. The third-order valence-corrected chi connectivity index (χ3v) is 19.8. The third-order valence-electron chi connectivity index (χ3n) is 17.9. The van der Waals surface area contributed by atoms with Gasteiger partial charge in [0, 0.05) is 34.5 Å². The van der Waals surface area contributed by atoms with Crippen LogP contribution in [-0.2, 0) is 0 Å². The lowest BCUT2D eigenvalue weighted by atomic mass is 9.57. The first-order chi connectivity index (χ1) is 24.7. The summed E-state index contributed by atoms with van der Waals surface area (Å²) in [6.07, 6.45) is 32.1. The average Bonchev–Trinajstić information content (AvgIpc) is 3.73. The van der Waals surface area contributed by atoms with E-state index < -0.39 is 0 Å². The first kappa shape index (κ1) is 34.5. The molecule has 0 spiro atoms. The lowest BCUT2D eigenvalue weighted by Crippen LogP contribution is -2.53. The number of hydrogen-bond acceptors (Lipinski definition) is 5. The number of likely N-dealkylation sites (tertiary alicyclic amines) is 1. The number of hydrogen-bond donors (Lipinski definition) is 0. The Bertz CT molecular complexity index is 1290. The fourth-order valence-corrected chi connectivity index (χ4v) is 18.1. The molecule has 2 heterocycles. The Morgan fingerprint density at radius 3 is 1.74 bits per heavy atom. The van der Waals surface area contributed by atoms with Crippen molar-refractivity contribution in [3.63, 3.8) is 0 Å². The van der Waals surface area contributed by atoms with Crippen molar-refractivity contribution in [3.8, 4) is 18.2 Å². The third kappa shape index (κ3) is 6.10. The summed E-state index contributed by atoms with van der Waals surface area (Å²) < 4.78 is 0. The summed E-state index contributed by atoms with van der Waals surface area (Å²) in [4.78, 5) is 3.27. The smallest absolute Gasteiger partial charge is 0.0659 e. The Morgan fingerprint density at radius 2 is 1.02 bits per heavy atom. The Labute approximate surface area is 309 Å². The molecule has 5 heteroatoms. The maximum atomic E-state index is 10.6. The normalized spacial score (nSPS) is 52.3. The fourth-order valence-electron chi connectivity index (χ4n) is 15.8. The Morgan fingerprint density at radius 1 is 0.440 bits per heavy atom. The molecule has 0 N–H and O–H groups in total. The van der Waals surface area contributed by atoms with Gasteiger partial charge >= 0.3 is 0 Å². The number of rotatable bonds is 4. The molecule has 2 saturated heterocycles. The van der Waals surface area contributed by atoms with E-state index in [1.807, 2.05) is 0 Å². The highest BCUT2D eigenvalue weighted by molar-refractivity contribution is 8.00. The molecule has 12 atom stereocenters. The first-order valence-corrected chi connectivity index (χ1v) is 23.2. The molecule has 4 nitrogen and oxygen atoms in total. The largest absolute Gasteiger partial charge is 0.293 e. The Hall–Kier alpha value is -1.22. The highest BCUT2D eigenvalue weighted by Crippen LogP contribution is 2.62. The van der Waals surface area contributed by atoms with Gasteiger partial charge in [-0.3, -0.25) is 4.90 Å². The van der Waals surface area contributed by atoms with Gasteiger partial charge in [0.25, 0.3) is 0 Å². The van der Waals surface area contributed by atoms with Crippen molar-refractivity contribution in [2.45, 2.75) is 183 Å². The van der Waals surface area contributed by atoms with Crippen molar-refractivity contribution in [2.75, 3.05) is 0 Å². The molecule has 7 aliphatic carbocycles. The van der Waals surface area contributed by atoms with Crippen molar-refractivity contribution < 1.29 is 0 Å². The van der Waals surface area contributed by atoms with Crippen LogP contribution in [0.4, 0.5) is 0 Å². The molecule has 7 saturated carbocycles. The molecule has 0 aromatic carbocycles. The summed E-state index contributed by atoms with van der Waals surface area (Å²) in [6.45, 7) is 0. The summed E-state index contributed by atoms with van der Waals surface area (Å²) in [5.74, 6) is 7.72. The number of nitrogens with zero attached hydrogens (tertiary/aromatic N) is 4. The first-order valence-electron chi connectivity index (χ1n) is 22.3. The van der Waals surface area contributed by atoms with E-state index >= 15 is 0 Å². The molecule has 0 amide bonds. The lowest BCUT2D eigenvalue weighted by Gasteiger charge is -2.49. The van der Waals surface area contributed by atoms with Gasteiger partial charge in [-0.05, 0) is 175 Å². The maximum Gasteiger partial charge on any atom is 0.0659 e. The Balaban J connectivity index is 0.847. The number of thioether (sulfide) groups is 1. The van der Waals surface area contributed by atoms with Crippen LogP contribution in [0.5, 0.6) is 0 Å². The predicted octanol–water partition coefficient (Wildman–Crippen LogP) is 10.9. The van der Waals surface area contributed by atoms with Crippen molar-refractivity contribution in [2.24, 2.45) is 76.9 Å².